The van der Waals surface area contributed by atoms with Gasteiger partial charge >= 0.3 is 6.09 Å². The second kappa shape index (κ2) is 8.74. The summed E-state index contributed by atoms with van der Waals surface area (Å²) in [5.41, 5.74) is 1.44. The maximum Gasteiger partial charge on any atom is 0.410 e. The number of anilines is 1. The van der Waals surface area contributed by atoms with Crippen molar-refractivity contribution in [3.8, 4) is 11.4 Å². The van der Waals surface area contributed by atoms with Gasteiger partial charge in [0, 0.05) is 25.0 Å². The van der Waals surface area contributed by atoms with Crippen LogP contribution < -0.4 is 5.32 Å². The summed E-state index contributed by atoms with van der Waals surface area (Å²) in [6.45, 7) is 7.84. The first kappa shape index (κ1) is 23.5. The molecule has 3 aromatic heterocycles. The number of halogens is 1. The second-order valence-electron chi connectivity index (χ2n) is 9.71. The van der Waals surface area contributed by atoms with E-state index < -0.39 is 17.5 Å². The number of benzene rings is 1. The molecule has 1 aliphatic heterocycles. The van der Waals surface area contributed by atoms with Crippen molar-refractivity contribution in [1.29, 1.82) is 0 Å². The number of amides is 2. The Balaban J connectivity index is 1.32. The van der Waals surface area contributed by atoms with Crippen LogP contribution in [-0.2, 0) is 4.74 Å². The van der Waals surface area contributed by atoms with E-state index in [-0.39, 0.29) is 23.2 Å². The highest BCUT2D eigenvalue weighted by molar-refractivity contribution is 6.04. The molecule has 1 fully saturated rings. The van der Waals surface area contributed by atoms with E-state index in [1.807, 2.05) is 6.07 Å². The van der Waals surface area contributed by atoms with Gasteiger partial charge in [-0.2, -0.15) is 4.98 Å². The van der Waals surface area contributed by atoms with Crippen molar-refractivity contribution in [3.05, 3.63) is 65.7 Å². The standard InChI is InChI=1S/C25H25FN6O4/c1-14-9-17(26)16(10-18(14)28-22(33)19-11-27-20-7-5-6-8-32(19)20)21-29-23(36-30-21)15-12-31(13-15)24(34)35-25(2,3)4/h5-11,15H,12-13H2,1-4H3,(H,28,33). The molecule has 1 N–H and O–H groups in total. The number of carbonyl (C=O) groups excluding carboxylic acids is 2. The molecular weight excluding hydrogens is 467 g/mol. The van der Waals surface area contributed by atoms with Crippen molar-refractivity contribution >= 4 is 23.3 Å². The predicted octanol–water partition coefficient (Wildman–Crippen LogP) is 4.42. The van der Waals surface area contributed by atoms with Crippen LogP contribution in [0.25, 0.3) is 17.0 Å². The maximum atomic E-state index is 14.8. The van der Waals surface area contributed by atoms with E-state index in [1.165, 1.54) is 18.3 Å². The highest BCUT2D eigenvalue weighted by Crippen LogP contribution is 2.31. The van der Waals surface area contributed by atoms with Crippen LogP contribution in [0.3, 0.4) is 0 Å². The van der Waals surface area contributed by atoms with Gasteiger partial charge in [0.05, 0.1) is 17.7 Å². The van der Waals surface area contributed by atoms with Gasteiger partial charge in [0.15, 0.2) is 0 Å². The van der Waals surface area contributed by atoms with Crippen LogP contribution in [0.1, 0.15) is 48.6 Å². The van der Waals surface area contributed by atoms with Crippen LogP contribution in [0.15, 0.2) is 47.2 Å². The van der Waals surface area contributed by atoms with Gasteiger partial charge in [-0.1, -0.05) is 11.2 Å². The van der Waals surface area contributed by atoms with E-state index in [9.17, 15) is 14.0 Å². The van der Waals surface area contributed by atoms with Gasteiger partial charge in [0.1, 0.15) is 22.8 Å². The normalized spacial score (nSPS) is 14.1. The van der Waals surface area contributed by atoms with E-state index in [1.54, 1.807) is 55.3 Å². The molecule has 5 rings (SSSR count). The van der Waals surface area contributed by atoms with Crippen molar-refractivity contribution in [3.63, 3.8) is 0 Å². The van der Waals surface area contributed by atoms with Crippen LogP contribution in [-0.4, -0.2) is 55.1 Å². The van der Waals surface area contributed by atoms with Gasteiger partial charge in [-0.25, -0.2) is 14.2 Å². The Hall–Kier alpha value is -4.28. The van der Waals surface area contributed by atoms with E-state index in [2.05, 4.69) is 20.4 Å². The first-order valence-corrected chi connectivity index (χ1v) is 11.4. The Labute approximate surface area is 206 Å². The summed E-state index contributed by atoms with van der Waals surface area (Å²) in [5, 5.41) is 6.75. The van der Waals surface area contributed by atoms with E-state index in [0.29, 0.717) is 41.6 Å². The first-order chi connectivity index (χ1) is 17.1. The average molecular weight is 493 g/mol. The van der Waals surface area contributed by atoms with Gasteiger partial charge < -0.3 is 19.5 Å². The number of aryl methyl sites for hydroxylation is 1. The van der Waals surface area contributed by atoms with Crippen LogP contribution in [0.5, 0.6) is 0 Å². The molecule has 0 radical (unpaired) electrons. The van der Waals surface area contributed by atoms with Crippen LogP contribution in [0.2, 0.25) is 0 Å². The molecule has 4 heterocycles. The highest BCUT2D eigenvalue weighted by atomic mass is 19.1. The van der Waals surface area contributed by atoms with Crippen molar-refractivity contribution in [2.75, 3.05) is 18.4 Å². The molecule has 4 aromatic rings. The number of carbonyl (C=O) groups is 2. The van der Waals surface area contributed by atoms with E-state index >= 15 is 0 Å². The lowest BCUT2D eigenvalue weighted by Gasteiger charge is -2.37. The largest absolute Gasteiger partial charge is 0.444 e. The van der Waals surface area contributed by atoms with Crippen molar-refractivity contribution in [2.24, 2.45) is 0 Å². The fourth-order valence-corrected chi connectivity index (χ4v) is 3.89. The number of nitrogens with one attached hydrogen (secondary N) is 1. The van der Waals surface area contributed by atoms with Crippen LogP contribution in [0.4, 0.5) is 14.9 Å². The van der Waals surface area contributed by atoms with Crippen molar-refractivity contribution < 1.29 is 23.2 Å². The molecule has 1 saturated heterocycles. The Kier molecular flexibility index (Phi) is 5.70. The summed E-state index contributed by atoms with van der Waals surface area (Å²) >= 11 is 0. The van der Waals surface area contributed by atoms with Gasteiger partial charge in [0.25, 0.3) is 5.91 Å². The summed E-state index contributed by atoms with van der Waals surface area (Å²) in [6.07, 6.45) is 2.81. The molecule has 186 valence electrons. The third kappa shape index (κ3) is 4.51. The fraction of sp³-hybridized carbons (Fsp3) is 0.320. The zero-order chi connectivity index (χ0) is 25.6. The molecule has 0 bridgehead atoms. The zero-order valence-electron chi connectivity index (χ0n) is 20.3. The summed E-state index contributed by atoms with van der Waals surface area (Å²) in [5.74, 6) is -0.734. The molecule has 10 nitrogen and oxygen atoms in total. The number of pyridine rings is 1. The Bertz CT molecular complexity index is 1460. The summed E-state index contributed by atoms with van der Waals surface area (Å²) in [4.78, 5) is 35.2. The minimum Gasteiger partial charge on any atom is -0.444 e. The van der Waals surface area contributed by atoms with E-state index in [0.717, 1.165) is 0 Å². The van der Waals surface area contributed by atoms with Gasteiger partial charge in [-0.3, -0.25) is 9.20 Å². The molecule has 0 saturated carbocycles. The van der Waals surface area contributed by atoms with Crippen LogP contribution >= 0.6 is 0 Å². The second-order valence-corrected chi connectivity index (χ2v) is 9.71. The lowest BCUT2D eigenvalue weighted by Crippen LogP contribution is -2.50. The number of hydrogen-bond donors (Lipinski definition) is 1. The lowest BCUT2D eigenvalue weighted by molar-refractivity contribution is 0.00557. The molecule has 0 spiro atoms. The summed E-state index contributed by atoms with van der Waals surface area (Å²) < 4.78 is 27.2. The molecule has 0 aliphatic carbocycles. The number of fused-ring (bicyclic) bond motifs is 1. The minimum atomic E-state index is -0.582. The molecule has 1 aromatic carbocycles. The number of rotatable bonds is 4. The third-order valence-electron chi connectivity index (χ3n) is 5.78. The molecule has 0 unspecified atom stereocenters. The number of aromatic nitrogens is 4. The Morgan fingerprint density at radius 2 is 2.00 bits per heavy atom. The summed E-state index contributed by atoms with van der Waals surface area (Å²) in [7, 11) is 0. The average Bonchev–Trinajstić information content (AvgIpc) is 3.41. The molecule has 36 heavy (non-hydrogen) atoms. The lowest BCUT2D eigenvalue weighted by atomic mass is 10.0. The van der Waals surface area contributed by atoms with Gasteiger partial charge in [-0.15, -0.1) is 0 Å². The molecular formula is C25H25FN6O4. The first-order valence-electron chi connectivity index (χ1n) is 11.4. The molecule has 2 amide bonds. The molecule has 1 aliphatic rings. The number of likely N-dealkylation sites (tertiary alicyclic amines) is 1. The third-order valence-corrected chi connectivity index (χ3v) is 5.78. The smallest absolute Gasteiger partial charge is 0.410 e. The van der Waals surface area contributed by atoms with Gasteiger partial charge in [-0.05, 0) is 57.5 Å². The SMILES string of the molecule is Cc1cc(F)c(-c2noc(C3CN(C(=O)OC(C)(C)C)C3)n2)cc1NC(=O)c1cnc2ccccn12. The van der Waals surface area contributed by atoms with Crippen molar-refractivity contribution in [1.82, 2.24) is 24.4 Å². The van der Waals surface area contributed by atoms with Crippen LogP contribution in [0, 0.1) is 12.7 Å². The zero-order valence-corrected chi connectivity index (χ0v) is 20.3. The Morgan fingerprint density at radius 3 is 2.75 bits per heavy atom. The monoisotopic (exact) mass is 492 g/mol. The predicted molar refractivity (Wildman–Crippen MR) is 128 cm³/mol. The number of imidazole rings is 1. The minimum absolute atomic E-state index is 0.0588. The maximum absolute atomic E-state index is 14.8. The summed E-state index contributed by atoms with van der Waals surface area (Å²) in [6, 6.07) is 8.21. The molecule has 0 atom stereocenters. The topological polar surface area (TPSA) is 115 Å². The number of ether oxygens (including phenoxy) is 1. The van der Waals surface area contributed by atoms with Crippen molar-refractivity contribution in [2.45, 2.75) is 39.2 Å². The Morgan fingerprint density at radius 1 is 1.22 bits per heavy atom. The fourth-order valence-electron chi connectivity index (χ4n) is 3.89. The van der Waals surface area contributed by atoms with E-state index in [4.69, 9.17) is 9.26 Å². The number of hydrogen-bond acceptors (Lipinski definition) is 7. The number of nitrogens with zero attached hydrogens (tertiary/aromatic N) is 5. The molecule has 11 heteroatoms. The van der Waals surface area contributed by atoms with Gasteiger partial charge in [0.2, 0.25) is 11.7 Å². The highest BCUT2D eigenvalue weighted by Gasteiger charge is 2.38. The quantitative estimate of drug-likeness (QED) is 0.448.